The lowest BCUT2D eigenvalue weighted by molar-refractivity contribution is -0.386. The Hall–Kier alpha value is -2.74. The minimum atomic E-state index is -0.479. The molecule has 0 atom stereocenters. The lowest BCUT2D eigenvalue weighted by Gasteiger charge is -2.04. The fourth-order valence-corrected chi connectivity index (χ4v) is 2.49. The summed E-state index contributed by atoms with van der Waals surface area (Å²) in [4.78, 5) is 11.4. The van der Waals surface area contributed by atoms with E-state index < -0.39 is 4.92 Å². The molecule has 0 aliphatic carbocycles. The van der Waals surface area contributed by atoms with Crippen molar-refractivity contribution in [2.24, 2.45) is 0 Å². The first-order valence-electron chi connectivity index (χ1n) is 6.37. The Bertz CT molecular complexity index is 798. The number of nitro groups is 1. The molecule has 0 aliphatic heterocycles. The third-order valence-electron chi connectivity index (χ3n) is 2.86. The predicted molar refractivity (Wildman–Crippen MR) is 79.8 cm³/mol. The van der Waals surface area contributed by atoms with E-state index in [1.807, 2.05) is 17.5 Å². The third-order valence-corrected chi connectivity index (χ3v) is 3.72. The summed E-state index contributed by atoms with van der Waals surface area (Å²) in [6.45, 7) is 1.75. The largest absolute Gasteiger partial charge is 0.477 e. The van der Waals surface area contributed by atoms with Crippen molar-refractivity contribution >= 4 is 17.0 Å². The van der Waals surface area contributed by atoms with E-state index in [1.165, 1.54) is 17.4 Å². The van der Waals surface area contributed by atoms with Crippen LogP contribution in [-0.4, -0.2) is 15.1 Å². The number of nitro benzene ring substituents is 1. The molecule has 0 amide bonds. The zero-order chi connectivity index (χ0) is 15.5. The van der Waals surface area contributed by atoms with Crippen molar-refractivity contribution in [1.29, 1.82) is 0 Å². The Balaban J connectivity index is 1.74. The normalized spacial score (nSPS) is 10.6. The maximum atomic E-state index is 11.0. The highest BCUT2D eigenvalue weighted by Gasteiger charge is 2.16. The van der Waals surface area contributed by atoms with Gasteiger partial charge in [-0.05, 0) is 30.0 Å². The van der Waals surface area contributed by atoms with Gasteiger partial charge in [0.1, 0.15) is 0 Å². The maximum Gasteiger partial charge on any atom is 0.311 e. The molecule has 0 radical (unpaired) electrons. The molecule has 0 spiro atoms. The Morgan fingerprint density at radius 1 is 1.36 bits per heavy atom. The molecule has 0 saturated heterocycles. The summed E-state index contributed by atoms with van der Waals surface area (Å²) in [5.41, 5.74) is 0.704. The van der Waals surface area contributed by atoms with Crippen molar-refractivity contribution < 1.29 is 14.1 Å². The van der Waals surface area contributed by atoms with Gasteiger partial charge in [0, 0.05) is 6.07 Å². The molecule has 0 saturated carbocycles. The first-order valence-corrected chi connectivity index (χ1v) is 7.25. The van der Waals surface area contributed by atoms with Gasteiger partial charge in [0.15, 0.2) is 12.4 Å². The van der Waals surface area contributed by atoms with Gasteiger partial charge in [0.25, 0.3) is 11.8 Å². The van der Waals surface area contributed by atoms with Crippen LogP contribution >= 0.6 is 11.3 Å². The van der Waals surface area contributed by atoms with E-state index in [1.54, 1.807) is 19.1 Å². The second-order valence-corrected chi connectivity index (χ2v) is 5.44. The monoisotopic (exact) mass is 317 g/mol. The quantitative estimate of drug-likeness (QED) is 0.527. The molecule has 22 heavy (non-hydrogen) atoms. The Morgan fingerprint density at radius 2 is 2.23 bits per heavy atom. The fraction of sp³-hybridized carbons (Fsp3) is 0.143. The Kier molecular flexibility index (Phi) is 3.84. The number of benzene rings is 1. The number of aromatic nitrogens is 2. The van der Waals surface area contributed by atoms with Gasteiger partial charge in [-0.3, -0.25) is 10.1 Å². The molecule has 0 N–H and O–H groups in total. The van der Waals surface area contributed by atoms with Gasteiger partial charge >= 0.3 is 5.69 Å². The molecule has 1 aromatic carbocycles. The molecule has 7 nitrogen and oxygen atoms in total. The highest BCUT2D eigenvalue weighted by Crippen LogP contribution is 2.29. The summed E-state index contributed by atoms with van der Waals surface area (Å²) in [6.07, 6.45) is 0. The minimum Gasteiger partial charge on any atom is -0.477 e. The molecule has 8 heteroatoms. The molecule has 0 unspecified atom stereocenters. The van der Waals surface area contributed by atoms with Gasteiger partial charge in [-0.15, -0.1) is 21.5 Å². The van der Waals surface area contributed by atoms with Crippen molar-refractivity contribution in [2.45, 2.75) is 13.5 Å². The average Bonchev–Trinajstić information content (AvgIpc) is 3.16. The van der Waals surface area contributed by atoms with Gasteiger partial charge in [-0.2, -0.15) is 0 Å². The van der Waals surface area contributed by atoms with Gasteiger partial charge in [0.2, 0.25) is 0 Å². The highest BCUT2D eigenvalue weighted by molar-refractivity contribution is 7.13. The summed E-state index contributed by atoms with van der Waals surface area (Å²) in [7, 11) is 0. The van der Waals surface area contributed by atoms with Crippen molar-refractivity contribution in [3.05, 3.63) is 57.3 Å². The molecular formula is C14H11N3O4S. The van der Waals surface area contributed by atoms with Crippen molar-refractivity contribution in [1.82, 2.24) is 10.2 Å². The maximum absolute atomic E-state index is 11.0. The molecule has 2 heterocycles. The number of aryl methyl sites for hydroxylation is 1. The van der Waals surface area contributed by atoms with Crippen LogP contribution < -0.4 is 4.74 Å². The second kappa shape index (κ2) is 5.94. The molecular weight excluding hydrogens is 306 g/mol. The third kappa shape index (κ3) is 2.96. The molecule has 112 valence electrons. The van der Waals surface area contributed by atoms with Crippen LogP contribution in [0, 0.1) is 17.0 Å². The standard InChI is InChI=1S/C14H11N3O4S/c1-9-4-5-11(10(7-9)17(18)19)20-8-13-15-16-14(21-13)12-3-2-6-22-12/h2-7H,8H2,1H3. The number of thiophene rings is 1. The summed E-state index contributed by atoms with van der Waals surface area (Å²) >= 11 is 1.49. The fourth-order valence-electron chi connectivity index (χ4n) is 1.84. The van der Waals surface area contributed by atoms with E-state index in [4.69, 9.17) is 9.15 Å². The average molecular weight is 317 g/mol. The topological polar surface area (TPSA) is 91.3 Å². The summed E-state index contributed by atoms with van der Waals surface area (Å²) in [6, 6.07) is 8.52. The van der Waals surface area contributed by atoms with Gasteiger partial charge < -0.3 is 9.15 Å². The Labute approximate surface area is 129 Å². The van der Waals surface area contributed by atoms with E-state index in [0.717, 1.165) is 10.4 Å². The summed E-state index contributed by atoms with van der Waals surface area (Å²) in [5, 5.41) is 20.7. The SMILES string of the molecule is Cc1ccc(OCc2nnc(-c3cccs3)o2)c([N+](=O)[O-])c1. The zero-order valence-corrected chi connectivity index (χ0v) is 12.4. The van der Waals surface area contributed by atoms with E-state index in [0.29, 0.717) is 5.89 Å². The minimum absolute atomic E-state index is 0.0255. The van der Waals surface area contributed by atoms with Crippen molar-refractivity contribution in [3.8, 4) is 16.5 Å². The van der Waals surface area contributed by atoms with Crippen LogP contribution in [0.1, 0.15) is 11.5 Å². The molecule has 0 fully saturated rings. The first-order chi connectivity index (χ1) is 10.6. The number of hydrogen-bond acceptors (Lipinski definition) is 7. The van der Waals surface area contributed by atoms with E-state index >= 15 is 0 Å². The van der Waals surface area contributed by atoms with Crippen LogP contribution in [0.4, 0.5) is 5.69 Å². The molecule has 0 aliphatic rings. The number of nitrogens with zero attached hydrogens (tertiary/aromatic N) is 3. The first kappa shape index (κ1) is 14.2. The zero-order valence-electron chi connectivity index (χ0n) is 11.6. The highest BCUT2D eigenvalue weighted by atomic mass is 32.1. The van der Waals surface area contributed by atoms with E-state index in [9.17, 15) is 10.1 Å². The second-order valence-electron chi connectivity index (χ2n) is 4.50. The van der Waals surface area contributed by atoms with E-state index in [-0.39, 0.29) is 23.9 Å². The molecule has 0 bridgehead atoms. The van der Waals surface area contributed by atoms with Crippen LogP contribution in [0.15, 0.2) is 40.1 Å². The smallest absolute Gasteiger partial charge is 0.311 e. The van der Waals surface area contributed by atoms with Crippen molar-refractivity contribution in [3.63, 3.8) is 0 Å². The van der Waals surface area contributed by atoms with Gasteiger partial charge in [-0.25, -0.2) is 0 Å². The number of rotatable bonds is 5. The lowest BCUT2D eigenvalue weighted by Crippen LogP contribution is -1.99. The predicted octanol–water partition coefficient (Wildman–Crippen LogP) is 3.59. The van der Waals surface area contributed by atoms with Crippen LogP contribution in [0.25, 0.3) is 10.8 Å². The van der Waals surface area contributed by atoms with Crippen LogP contribution in [0.2, 0.25) is 0 Å². The molecule has 3 aromatic rings. The van der Waals surface area contributed by atoms with Crippen LogP contribution in [0.5, 0.6) is 5.75 Å². The van der Waals surface area contributed by atoms with E-state index in [2.05, 4.69) is 10.2 Å². The van der Waals surface area contributed by atoms with Crippen LogP contribution in [-0.2, 0) is 6.61 Å². The van der Waals surface area contributed by atoms with Gasteiger partial charge in [0.05, 0.1) is 9.80 Å². The molecule has 2 aromatic heterocycles. The summed E-state index contributed by atoms with van der Waals surface area (Å²) in [5.74, 6) is 0.844. The Morgan fingerprint density at radius 3 is 2.95 bits per heavy atom. The van der Waals surface area contributed by atoms with Gasteiger partial charge in [-0.1, -0.05) is 12.1 Å². The number of hydrogen-bond donors (Lipinski definition) is 0. The molecule has 3 rings (SSSR count). The lowest BCUT2D eigenvalue weighted by atomic mass is 10.2. The summed E-state index contributed by atoms with van der Waals surface area (Å²) < 4.78 is 10.9. The number of ether oxygens (including phenoxy) is 1. The van der Waals surface area contributed by atoms with Crippen LogP contribution in [0.3, 0.4) is 0 Å². The van der Waals surface area contributed by atoms with Crippen molar-refractivity contribution in [2.75, 3.05) is 0 Å².